The molecule has 0 aliphatic heterocycles. The van der Waals surface area contributed by atoms with Gasteiger partial charge in [0.15, 0.2) is 0 Å². The predicted octanol–water partition coefficient (Wildman–Crippen LogP) is 4.67. The average Bonchev–Trinajstić information content (AvgIpc) is 2.58. The third kappa shape index (κ3) is 3.26. The van der Waals surface area contributed by atoms with Gasteiger partial charge in [-0.15, -0.1) is 0 Å². The fourth-order valence-corrected chi connectivity index (χ4v) is 2.79. The molecule has 0 heterocycles. The van der Waals surface area contributed by atoms with E-state index in [2.05, 4.69) is 97.7 Å². The topological polar surface area (TPSA) is 15.6 Å². The molecular weight excluding hydrogens is 280 g/mol. The molecule has 0 spiro atoms. The quantitative estimate of drug-likeness (QED) is 0.804. The minimum absolute atomic E-state index is 0.805. The molecule has 0 unspecified atom stereocenters. The summed E-state index contributed by atoms with van der Waals surface area (Å²) in [5.41, 5.74) is 7.19. The summed E-state index contributed by atoms with van der Waals surface area (Å²) >= 11 is 0. The lowest BCUT2D eigenvalue weighted by molar-refractivity contribution is 1.13. The van der Waals surface area contributed by atoms with Gasteiger partial charge in [-0.1, -0.05) is 42.5 Å². The van der Waals surface area contributed by atoms with Gasteiger partial charge >= 0.3 is 0 Å². The Labute approximate surface area is 138 Å². The average molecular weight is 302 g/mol. The predicted molar refractivity (Wildman–Crippen MR) is 101 cm³/mol. The molecule has 23 heavy (non-hydrogen) atoms. The van der Waals surface area contributed by atoms with E-state index in [1.165, 1.54) is 28.0 Å². The molecule has 2 aromatic carbocycles. The second-order valence-corrected chi connectivity index (χ2v) is 5.82. The standard InChI is InChI=1S/C21H22N2/c1-4-22-21-14-11-17(19-7-5-6-8-20(19)21)15-16-9-12-18(13-10-16)23(2)3/h5-15H,4H2,1-3H3. The molecule has 3 rings (SSSR count). The number of hydrogen-bond acceptors (Lipinski definition) is 2. The summed E-state index contributed by atoms with van der Waals surface area (Å²) < 4.78 is 0. The van der Waals surface area contributed by atoms with Gasteiger partial charge in [0.2, 0.25) is 0 Å². The molecule has 2 heteroatoms. The van der Waals surface area contributed by atoms with Gasteiger partial charge in [-0.3, -0.25) is 4.99 Å². The van der Waals surface area contributed by atoms with Gasteiger partial charge < -0.3 is 4.90 Å². The number of anilines is 1. The van der Waals surface area contributed by atoms with E-state index in [-0.39, 0.29) is 0 Å². The normalized spacial score (nSPS) is 16.7. The molecule has 2 nitrogen and oxygen atoms in total. The van der Waals surface area contributed by atoms with E-state index < -0.39 is 0 Å². The van der Waals surface area contributed by atoms with Crippen LogP contribution in [0.15, 0.2) is 65.7 Å². The van der Waals surface area contributed by atoms with Crippen molar-refractivity contribution >= 4 is 23.0 Å². The Balaban J connectivity index is 2.00. The zero-order valence-electron chi connectivity index (χ0n) is 14.0. The van der Waals surface area contributed by atoms with Crippen LogP contribution in [0.2, 0.25) is 0 Å². The largest absolute Gasteiger partial charge is 0.378 e. The lowest BCUT2D eigenvalue weighted by Crippen LogP contribution is -2.08. The van der Waals surface area contributed by atoms with Crippen molar-refractivity contribution in [1.82, 2.24) is 0 Å². The Bertz CT molecular complexity index is 778. The summed E-state index contributed by atoms with van der Waals surface area (Å²) in [6.45, 7) is 2.88. The van der Waals surface area contributed by atoms with Crippen molar-refractivity contribution in [3.05, 3.63) is 77.4 Å². The number of fused-ring (bicyclic) bond motifs is 1. The third-order valence-electron chi connectivity index (χ3n) is 3.99. The van der Waals surface area contributed by atoms with Crippen LogP contribution in [0.4, 0.5) is 5.69 Å². The van der Waals surface area contributed by atoms with Crippen molar-refractivity contribution in [2.24, 2.45) is 4.99 Å². The second kappa shape index (κ2) is 6.66. The van der Waals surface area contributed by atoms with Crippen LogP contribution in [0.1, 0.15) is 23.6 Å². The monoisotopic (exact) mass is 302 g/mol. The van der Waals surface area contributed by atoms with Gasteiger partial charge in [0, 0.05) is 31.9 Å². The highest BCUT2D eigenvalue weighted by atomic mass is 15.1. The van der Waals surface area contributed by atoms with Crippen molar-refractivity contribution in [3.8, 4) is 0 Å². The number of rotatable bonds is 3. The summed E-state index contributed by atoms with van der Waals surface area (Å²) in [6.07, 6.45) is 6.51. The number of aliphatic imine (C=N–C) groups is 1. The number of hydrogen-bond donors (Lipinski definition) is 0. The molecule has 0 bridgehead atoms. The van der Waals surface area contributed by atoms with Crippen LogP contribution in [0, 0.1) is 0 Å². The Morgan fingerprint density at radius 1 is 0.913 bits per heavy atom. The molecule has 0 atom stereocenters. The van der Waals surface area contributed by atoms with E-state index in [4.69, 9.17) is 0 Å². The van der Waals surface area contributed by atoms with Crippen LogP contribution in [0.25, 0.3) is 11.6 Å². The first-order valence-electron chi connectivity index (χ1n) is 8.00. The summed E-state index contributed by atoms with van der Waals surface area (Å²) in [5.74, 6) is 0. The van der Waals surface area contributed by atoms with Gasteiger partial charge in [0.1, 0.15) is 0 Å². The Morgan fingerprint density at radius 2 is 1.61 bits per heavy atom. The molecule has 0 amide bonds. The maximum atomic E-state index is 4.59. The van der Waals surface area contributed by atoms with Crippen LogP contribution < -0.4 is 4.90 Å². The minimum Gasteiger partial charge on any atom is -0.378 e. The highest BCUT2D eigenvalue weighted by Crippen LogP contribution is 2.28. The first-order valence-corrected chi connectivity index (χ1v) is 8.00. The van der Waals surface area contributed by atoms with Crippen LogP contribution >= 0.6 is 0 Å². The van der Waals surface area contributed by atoms with E-state index in [9.17, 15) is 0 Å². The highest BCUT2D eigenvalue weighted by molar-refractivity contribution is 6.16. The fourth-order valence-electron chi connectivity index (χ4n) is 2.79. The maximum Gasteiger partial charge on any atom is 0.0652 e. The molecule has 0 radical (unpaired) electrons. The molecular formula is C21H22N2. The number of benzene rings is 2. The van der Waals surface area contributed by atoms with E-state index in [0.717, 1.165) is 12.3 Å². The number of allylic oxidation sites excluding steroid dienone is 3. The molecule has 0 N–H and O–H groups in total. The maximum absolute atomic E-state index is 4.59. The fraction of sp³-hybridized carbons (Fsp3) is 0.190. The molecule has 0 fully saturated rings. The molecule has 0 aromatic heterocycles. The molecule has 1 aliphatic carbocycles. The lowest BCUT2D eigenvalue weighted by atomic mass is 9.90. The van der Waals surface area contributed by atoms with Crippen LogP contribution in [0.5, 0.6) is 0 Å². The van der Waals surface area contributed by atoms with Gasteiger partial charge in [0.05, 0.1) is 5.71 Å². The zero-order chi connectivity index (χ0) is 16.2. The molecule has 2 aromatic rings. The minimum atomic E-state index is 0.805. The van der Waals surface area contributed by atoms with Gasteiger partial charge in [-0.05, 0) is 47.9 Å². The van der Waals surface area contributed by atoms with E-state index in [1.807, 2.05) is 0 Å². The summed E-state index contributed by atoms with van der Waals surface area (Å²) in [5, 5.41) is 0. The first kappa shape index (κ1) is 15.3. The van der Waals surface area contributed by atoms with Gasteiger partial charge in [0.25, 0.3) is 0 Å². The SMILES string of the molecule is CCN=C1C=CC(=Cc2ccc(N(C)C)cc2)c2ccccc21. The van der Waals surface area contributed by atoms with Crippen molar-refractivity contribution in [2.45, 2.75) is 6.92 Å². The van der Waals surface area contributed by atoms with Gasteiger partial charge in [-0.25, -0.2) is 0 Å². The smallest absolute Gasteiger partial charge is 0.0652 e. The third-order valence-corrected chi connectivity index (χ3v) is 3.99. The zero-order valence-corrected chi connectivity index (χ0v) is 14.0. The van der Waals surface area contributed by atoms with Gasteiger partial charge in [-0.2, -0.15) is 0 Å². The lowest BCUT2D eigenvalue weighted by Gasteiger charge is -2.16. The van der Waals surface area contributed by atoms with Crippen molar-refractivity contribution in [2.75, 3.05) is 25.5 Å². The number of nitrogens with zero attached hydrogens (tertiary/aromatic N) is 2. The molecule has 0 saturated carbocycles. The Morgan fingerprint density at radius 3 is 2.26 bits per heavy atom. The van der Waals surface area contributed by atoms with Crippen molar-refractivity contribution < 1.29 is 0 Å². The van der Waals surface area contributed by atoms with E-state index >= 15 is 0 Å². The Hall–Kier alpha value is -2.61. The summed E-state index contributed by atoms with van der Waals surface area (Å²) in [4.78, 5) is 6.71. The Kier molecular flexibility index (Phi) is 4.42. The van der Waals surface area contributed by atoms with Crippen LogP contribution in [0.3, 0.4) is 0 Å². The van der Waals surface area contributed by atoms with Crippen LogP contribution in [-0.2, 0) is 0 Å². The first-order chi connectivity index (χ1) is 11.2. The van der Waals surface area contributed by atoms with Crippen LogP contribution in [-0.4, -0.2) is 26.4 Å². The highest BCUT2D eigenvalue weighted by Gasteiger charge is 2.13. The van der Waals surface area contributed by atoms with E-state index in [1.54, 1.807) is 0 Å². The molecule has 1 aliphatic rings. The van der Waals surface area contributed by atoms with Crippen molar-refractivity contribution in [3.63, 3.8) is 0 Å². The molecule has 116 valence electrons. The summed E-state index contributed by atoms with van der Waals surface area (Å²) in [7, 11) is 4.12. The summed E-state index contributed by atoms with van der Waals surface area (Å²) in [6, 6.07) is 17.1. The second-order valence-electron chi connectivity index (χ2n) is 5.82. The molecule has 0 saturated heterocycles. The van der Waals surface area contributed by atoms with E-state index in [0.29, 0.717) is 0 Å². The van der Waals surface area contributed by atoms with Crippen molar-refractivity contribution in [1.29, 1.82) is 0 Å².